The van der Waals surface area contributed by atoms with Crippen LogP contribution in [0.1, 0.15) is 23.4 Å². The molecule has 1 unspecified atom stereocenters. The zero-order valence-electron chi connectivity index (χ0n) is 15.2. The van der Waals surface area contributed by atoms with Crippen LogP contribution in [-0.4, -0.2) is 91.6 Å². The Hall–Kier alpha value is -2.36. The number of furan rings is 1. The third kappa shape index (κ3) is 4.49. The van der Waals surface area contributed by atoms with E-state index in [-0.39, 0.29) is 47.5 Å². The fraction of sp³-hybridized carbons (Fsp3) is 0.588. The van der Waals surface area contributed by atoms with Crippen LogP contribution in [-0.2, 0) is 19.4 Å². The fourth-order valence-corrected chi connectivity index (χ4v) is 5.14. The number of rotatable bonds is 4. The minimum Gasteiger partial charge on any atom is -0.459 e. The molecule has 0 aliphatic carbocycles. The van der Waals surface area contributed by atoms with Crippen molar-refractivity contribution >= 4 is 27.6 Å². The van der Waals surface area contributed by atoms with Crippen LogP contribution in [0.15, 0.2) is 22.8 Å². The third-order valence-electron chi connectivity index (χ3n) is 5.10. The van der Waals surface area contributed by atoms with E-state index in [1.165, 1.54) is 11.2 Å². The van der Waals surface area contributed by atoms with Crippen LogP contribution in [0.3, 0.4) is 0 Å². The first-order valence-electron chi connectivity index (χ1n) is 8.83. The summed E-state index contributed by atoms with van der Waals surface area (Å²) in [6.07, 6.45) is 1.55. The van der Waals surface area contributed by atoms with Crippen molar-refractivity contribution in [3.8, 4) is 0 Å². The molecule has 2 aliphatic rings. The highest BCUT2D eigenvalue weighted by atomic mass is 32.2. The highest BCUT2D eigenvalue weighted by molar-refractivity contribution is 7.91. The number of sulfone groups is 1. The average Bonchev–Trinajstić information content (AvgIpc) is 3.30. The normalized spacial score (nSPS) is 21.9. The monoisotopic (exact) mass is 397 g/mol. The molecule has 1 atom stereocenters. The molecule has 2 aliphatic heterocycles. The van der Waals surface area contributed by atoms with E-state index in [4.69, 9.17) is 4.42 Å². The predicted molar refractivity (Wildman–Crippen MR) is 95.6 cm³/mol. The summed E-state index contributed by atoms with van der Waals surface area (Å²) in [4.78, 5) is 41.5. The SMILES string of the molecule is CN(C(=O)CC(=O)N1CCN(C(=O)c2ccco2)CC1)C1CCS(=O)(=O)C1. The summed E-state index contributed by atoms with van der Waals surface area (Å²) in [6, 6.07) is 2.88. The van der Waals surface area contributed by atoms with Crippen LogP contribution >= 0.6 is 0 Å². The van der Waals surface area contributed by atoms with Gasteiger partial charge in [0.1, 0.15) is 6.42 Å². The van der Waals surface area contributed by atoms with Crippen molar-refractivity contribution in [2.24, 2.45) is 0 Å². The van der Waals surface area contributed by atoms with Crippen molar-refractivity contribution in [1.82, 2.24) is 14.7 Å². The number of hydrogen-bond acceptors (Lipinski definition) is 6. The molecule has 0 radical (unpaired) electrons. The second-order valence-electron chi connectivity index (χ2n) is 6.89. The number of hydrogen-bond donors (Lipinski definition) is 0. The third-order valence-corrected chi connectivity index (χ3v) is 6.85. The molecular weight excluding hydrogens is 374 g/mol. The van der Waals surface area contributed by atoms with Crippen molar-refractivity contribution in [1.29, 1.82) is 0 Å². The van der Waals surface area contributed by atoms with Crippen LogP contribution in [0.25, 0.3) is 0 Å². The molecule has 1 aromatic heterocycles. The van der Waals surface area contributed by atoms with E-state index >= 15 is 0 Å². The molecule has 2 fully saturated rings. The highest BCUT2D eigenvalue weighted by Crippen LogP contribution is 2.17. The van der Waals surface area contributed by atoms with E-state index in [0.717, 1.165) is 0 Å². The summed E-state index contributed by atoms with van der Waals surface area (Å²) >= 11 is 0. The van der Waals surface area contributed by atoms with Crippen molar-refractivity contribution < 1.29 is 27.2 Å². The van der Waals surface area contributed by atoms with Gasteiger partial charge in [-0.3, -0.25) is 14.4 Å². The maximum atomic E-state index is 12.4. The van der Waals surface area contributed by atoms with Crippen LogP contribution in [0.2, 0.25) is 0 Å². The molecule has 148 valence electrons. The molecule has 9 nitrogen and oxygen atoms in total. The van der Waals surface area contributed by atoms with Gasteiger partial charge in [-0.25, -0.2) is 8.42 Å². The van der Waals surface area contributed by atoms with Gasteiger partial charge < -0.3 is 19.1 Å². The summed E-state index contributed by atoms with van der Waals surface area (Å²) in [6.45, 7) is 1.44. The molecule has 0 saturated carbocycles. The van der Waals surface area contributed by atoms with Crippen molar-refractivity contribution in [3.63, 3.8) is 0 Å². The molecule has 0 aromatic carbocycles. The van der Waals surface area contributed by atoms with E-state index in [9.17, 15) is 22.8 Å². The fourth-order valence-electron chi connectivity index (χ4n) is 3.37. The molecule has 1 aromatic rings. The number of piperazine rings is 1. The van der Waals surface area contributed by atoms with Gasteiger partial charge in [-0.05, 0) is 18.6 Å². The molecule has 27 heavy (non-hydrogen) atoms. The van der Waals surface area contributed by atoms with Crippen molar-refractivity contribution in [3.05, 3.63) is 24.2 Å². The first-order chi connectivity index (χ1) is 12.8. The van der Waals surface area contributed by atoms with E-state index in [2.05, 4.69) is 0 Å². The zero-order valence-corrected chi connectivity index (χ0v) is 16.0. The summed E-state index contributed by atoms with van der Waals surface area (Å²) in [5.74, 6) is -0.608. The number of amides is 3. The Bertz CT molecular complexity index is 812. The lowest BCUT2D eigenvalue weighted by Gasteiger charge is -2.34. The standard InChI is InChI=1S/C17H23N3O6S/c1-18(13-4-10-27(24,25)12-13)15(21)11-16(22)19-5-7-20(8-6-19)17(23)14-3-2-9-26-14/h2-3,9,13H,4-8,10-12H2,1H3. The maximum absolute atomic E-state index is 12.4. The van der Waals surface area contributed by atoms with Gasteiger partial charge in [-0.1, -0.05) is 0 Å². The van der Waals surface area contributed by atoms with Gasteiger partial charge in [-0.15, -0.1) is 0 Å². The Morgan fingerprint density at radius 1 is 1.19 bits per heavy atom. The average molecular weight is 397 g/mol. The molecule has 3 heterocycles. The lowest BCUT2D eigenvalue weighted by atomic mass is 10.2. The van der Waals surface area contributed by atoms with Gasteiger partial charge in [-0.2, -0.15) is 0 Å². The Balaban J connectivity index is 1.48. The molecule has 0 N–H and O–H groups in total. The Kier molecular flexibility index (Phi) is 5.54. The molecule has 3 amide bonds. The van der Waals surface area contributed by atoms with Crippen LogP contribution in [0, 0.1) is 0 Å². The summed E-state index contributed by atoms with van der Waals surface area (Å²) in [5, 5.41) is 0. The summed E-state index contributed by atoms with van der Waals surface area (Å²) < 4.78 is 28.2. The number of carbonyl (C=O) groups is 3. The molecule has 0 spiro atoms. The molecule has 10 heteroatoms. The van der Waals surface area contributed by atoms with Gasteiger partial charge in [0.15, 0.2) is 15.6 Å². The summed E-state index contributed by atoms with van der Waals surface area (Å²) in [5.41, 5.74) is 0. The minimum absolute atomic E-state index is 0.0446. The maximum Gasteiger partial charge on any atom is 0.289 e. The molecular formula is C17H23N3O6S. The Labute approximate surface area is 157 Å². The minimum atomic E-state index is -3.09. The molecule has 3 rings (SSSR count). The summed E-state index contributed by atoms with van der Waals surface area (Å²) in [7, 11) is -1.55. The topological polar surface area (TPSA) is 108 Å². The number of nitrogens with zero attached hydrogens (tertiary/aromatic N) is 3. The van der Waals surface area contributed by atoms with E-state index < -0.39 is 9.84 Å². The van der Waals surface area contributed by atoms with Crippen LogP contribution < -0.4 is 0 Å². The zero-order chi connectivity index (χ0) is 19.6. The highest BCUT2D eigenvalue weighted by Gasteiger charge is 2.34. The predicted octanol–water partition coefficient (Wildman–Crippen LogP) is -0.400. The molecule has 0 bridgehead atoms. The van der Waals surface area contributed by atoms with E-state index in [1.807, 2.05) is 0 Å². The Morgan fingerprint density at radius 3 is 2.41 bits per heavy atom. The van der Waals surface area contributed by atoms with Gasteiger partial charge >= 0.3 is 0 Å². The largest absolute Gasteiger partial charge is 0.459 e. The van der Waals surface area contributed by atoms with Crippen LogP contribution in [0.5, 0.6) is 0 Å². The van der Waals surface area contributed by atoms with Crippen LogP contribution in [0.4, 0.5) is 0 Å². The lowest BCUT2D eigenvalue weighted by Crippen LogP contribution is -2.51. The van der Waals surface area contributed by atoms with Gasteiger partial charge in [0.05, 0.1) is 17.8 Å². The van der Waals surface area contributed by atoms with Crippen molar-refractivity contribution in [2.75, 3.05) is 44.7 Å². The van der Waals surface area contributed by atoms with Gasteiger partial charge in [0.25, 0.3) is 5.91 Å². The van der Waals surface area contributed by atoms with E-state index in [0.29, 0.717) is 32.6 Å². The lowest BCUT2D eigenvalue weighted by molar-refractivity contribution is -0.141. The van der Waals surface area contributed by atoms with Gasteiger partial charge in [0, 0.05) is 39.3 Å². The van der Waals surface area contributed by atoms with Crippen molar-refractivity contribution in [2.45, 2.75) is 18.9 Å². The second-order valence-corrected chi connectivity index (χ2v) is 9.12. The number of carbonyl (C=O) groups excluding carboxylic acids is 3. The Morgan fingerprint density at radius 2 is 1.85 bits per heavy atom. The molecule has 2 saturated heterocycles. The smallest absolute Gasteiger partial charge is 0.289 e. The second kappa shape index (κ2) is 7.71. The van der Waals surface area contributed by atoms with Gasteiger partial charge in [0.2, 0.25) is 11.8 Å². The first-order valence-corrected chi connectivity index (χ1v) is 10.7. The first kappa shape index (κ1) is 19.4. The van der Waals surface area contributed by atoms with E-state index in [1.54, 1.807) is 29.0 Å². The quantitative estimate of drug-likeness (QED) is 0.640.